The summed E-state index contributed by atoms with van der Waals surface area (Å²) in [5, 5.41) is 18.3. The molecule has 0 radical (unpaired) electrons. The van der Waals surface area contributed by atoms with Gasteiger partial charge in [0.05, 0.1) is 35.4 Å². The summed E-state index contributed by atoms with van der Waals surface area (Å²) in [4.78, 5) is 34.3. The van der Waals surface area contributed by atoms with Gasteiger partial charge in [0.2, 0.25) is 5.91 Å². The van der Waals surface area contributed by atoms with Crippen molar-refractivity contribution < 1.29 is 14.5 Å². The number of ether oxygens (including phenoxy) is 1. The largest absolute Gasteiger partial charge is 0.494 e. The van der Waals surface area contributed by atoms with Crippen LogP contribution >= 0.6 is 0 Å². The number of carbonyl (C=O) groups excluding carboxylic acids is 1. The molecule has 172 valence electrons. The number of aromatic nitrogens is 4. The van der Waals surface area contributed by atoms with E-state index in [4.69, 9.17) is 4.74 Å². The van der Waals surface area contributed by atoms with Crippen LogP contribution in [-0.4, -0.2) is 50.8 Å². The zero-order valence-corrected chi connectivity index (χ0v) is 18.7. The van der Waals surface area contributed by atoms with E-state index in [9.17, 15) is 14.9 Å². The van der Waals surface area contributed by atoms with Crippen LogP contribution in [0.25, 0.3) is 5.82 Å². The first-order valence-corrected chi connectivity index (χ1v) is 10.6. The second-order valence-corrected chi connectivity index (χ2v) is 7.99. The number of nitrogens with zero attached hydrogens (tertiary/aromatic N) is 6. The van der Waals surface area contributed by atoms with Gasteiger partial charge in [0.1, 0.15) is 17.9 Å². The summed E-state index contributed by atoms with van der Waals surface area (Å²) >= 11 is 0. The molecule has 11 heteroatoms. The van der Waals surface area contributed by atoms with Crippen molar-refractivity contribution in [2.24, 2.45) is 5.92 Å². The van der Waals surface area contributed by atoms with Crippen molar-refractivity contribution in [1.29, 1.82) is 0 Å². The van der Waals surface area contributed by atoms with E-state index in [1.165, 1.54) is 31.6 Å². The number of nitro benzene ring substituents is 1. The third-order valence-electron chi connectivity index (χ3n) is 5.63. The number of amides is 1. The van der Waals surface area contributed by atoms with Crippen LogP contribution in [0.3, 0.4) is 0 Å². The number of non-ortho nitro benzene ring substituents is 1. The Hall–Kier alpha value is -4.02. The minimum atomic E-state index is -0.505. The Morgan fingerprint density at radius 1 is 1.21 bits per heavy atom. The van der Waals surface area contributed by atoms with E-state index in [-0.39, 0.29) is 23.3 Å². The Kier molecular flexibility index (Phi) is 6.20. The molecule has 1 atom stereocenters. The summed E-state index contributed by atoms with van der Waals surface area (Å²) in [6, 6.07) is 7.98. The SMILES string of the molecule is COc1cc([N+](=O)[O-])ccc1NC(=O)C1CCCN(c2cc(-n3nc(C)cc3C)ncn2)C1. The summed E-state index contributed by atoms with van der Waals surface area (Å²) in [6.45, 7) is 5.17. The Balaban J connectivity index is 1.49. The van der Waals surface area contributed by atoms with Crippen molar-refractivity contribution >= 4 is 23.1 Å². The molecule has 0 bridgehead atoms. The molecule has 1 N–H and O–H groups in total. The van der Waals surface area contributed by atoms with Crippen molar-refractivity contribution in [3.63, 3.8) is 0 Å². The molecule has 1 aromatic carbocycles. The fourth-order valence-electron chi connectivity index (χ4n) is 4.02. The van der Waals surface area contributed by atoms with Gasteiger partial charge in [-0.25, -0.2) is 14.6 Å². The highest BCUT2D eigenvalue weighted by Gasteiger charge is 2.28. The predicted molar refractivity (Wildman–Crippen MR) is 122 cm³/mol. The lowest BCUT2D eigenvalue weighted by Crippen LogP contribution is -2.41. The van der Waals surface area contributed by atoms with E-state index in [0.29, 0.717) is 18.1 Å². The maximum Gasteiger partial charge on any atom is 0.273 e. The van der Waals surface area contributed by atoms with Gasteiger partial charge in [-0.1, -0.05) is 0 Å². The highest BCUT2D eigenvalue weighted by molar-refractivity contribution is 5.94. The first-order valence-electron chi connectivity index (χ1n) is 10.6. The molecule has 1 unspecified atom stereocenters. The fraction of sp³-hybridized carbons (Fsp3) is 0.364. The van der Waals surface area contributed by atoms with Crippen molar-refractivity contribution in [2.75, 3.05) is 30.4 Å². The Morgan fingerprint density at radius 2 is 2.00 bits per heavy atom. The minimum Gasteiger partial charge on any atom is -0.494 e. The van der Waals surface area contributed by atoms with Crippen molar-refractivity contribution in [1.82, 2.24) is 19.7 Å². The molecule has 1 aliphatic heterocycles. The van der Waals surface area contributed by atoms with Gasteiger partial charge in [0, 0.05) is 30.9 Å². The summed E-state index contributed by atoms with van der Waals surface area (Å²) in [6.07, 6.45) is 3.06. The molecule has 1 aliphatic rings. The summed E-state index contributed by atoms with van der Waals surface area (Å²) in [5.74, 6) is 1.21. The van der Waals surface area contributed by atoms with Gasteiger partial charge in [-0.3, -0.25) is 14.9 Å². The van der Waals surface area contributed by atoms with E-state index in [1.54, 1.807) is 4.68 Å². The van der Waals surface area contributed by atoms with Crippen LogP contribution < -0.4 is 15.0 Å². The number of benzene rings is 1. The third kappa shape index (κ3) is 4.76. The number of anilines is 2. The van der Waals surface area contributed by atoms with Crippen LogP contribution in [0.1, 0.15) is 24.2 Å². The van der Waals surface area contributed by atoms with Crippen molar-refractivity contribution in [3.8, 4) is 11.6 Å². The Bertz CT molecular complexity index is 1190. The standard InChI is InChI=1S/C22H25N7O4/c1-14-9-15(2)28(26-14)21-11-20(23-13-24-21)27-8-4-5-16(12-27)22(30)25-18-7-6-17(29(31)32)10-19(18)33-3/h6-7,9-11,13,16H,4-5,8,12H2,1-3H3,(H,25,30). The van der Waals surface area contributed by atoms with Crippen LogP contribution in [0, 0.1) is 29.9 Å². The predicted octanol–water partition coefficient (Wildman–Crippen LogP) is 3.05. The number of rotatable bonds is 6. The van der Waals surface area contributed by atoms with Gasteiger partial charge in [-0.2, -0.15) is 5.10 Å². The second-order valence-electron chi connectivity index (χ2n) is 7.99. The van der Waals surface area contributed by atoms with Crippen molar-refractivity contribution in [2.45, 2.75) is 26.7 Å². The topological polar surface area (TPSA) is 128 Å². The minimum absolute atomic E-state index is 0.101. The second kappa shape index (κ2) is 9.23. The molecular formula is C22H25N7O4. The average Bonchev–Trinajstić information content (AvgIpc) is 3.17. The maximum absolute atomic E-state index is 13.0. The van der Waals surface area contributed by atoms with Gasteiger partial charge in [-0.05, 0) is 38.8 Å². The summed E-state index contributed by atoms with van der Waals surface area (Å²) in [5.41, 5.74) is 2.18. The number of hydrogen-bond acceptors (Lipinski definition) is 8. The lowest BCUT2D eigenvalue weighted by atomic mass is 9.97. The molecule has 1 amide bonds. The number of nitro groups is 1. The third-order valence-corrected chi connectivity index (χ3v) is 5.63. The molecule has 4 rings (SSSR count). The molecule has 0 saturated carbocycles. The first kappa shape index (κ1) is 22.2. The van der Waals surface area contributed by atoms with Crippen LogP contribution in [0.5, 0.6) is 5.75 Å². The molecule has 1 fully saturated rings. The Labute approximate surface area is 190 Å². The molecule has 33 heavy (non-hydrogen) atoms. The number of methoxy groups -OCH3 is 1. The molecule has 0 spiro atoms. The van der Waals surface area contributed by atoms with Crippen LogP contribution in [0.15, 0.2) is 36.7 Å². The number of piperidine rings is 1. The molecule has 0 aliphatic carbocycles. The van der Waals surface area contributed by atoms with Crippen LogP contribution in [0.2, 0.25) is 0 Å². The molecule has 3 aromatic rings. The van der Waals surface area contributed by atoms with Crippen LogP contribution in [0.4, 0.5) is 17.2 Å². The first-order chi connectivity index (χ1) is 15.9. The van der Waals surface area contributed by atoms with Gasteiger partial charge in [0.15, 0.2) is 5.82 Å². The normalized spacial score (nSPS) is 15.8. The zero-order valence-electron chi connectivity index (χ0n) is 18.7. The van der Waals surface area contributed by atoms with E-state index < -0.39 is 4.92 Å². The van der Waals surface area contributed by atoms with E-state index in [0.717, 1.165) is 36.6 Å². The number of hydrogen-bond donors (Lipinski definition) is 1. The number of aryl methyl sites for hydroxylation is 2. The Morgan fingerprint density at radius 3 is 2.70 bits per heavy atom. The quantitative estimate of drug-likeness (QED) is 0.447. The summed E-state index contributed by atoms with van der Waals surface area (Å²) in [7, 11) is 1.41. The molecular weight excluding hydrogens is 426 g/mol. The van der Waals surface area contributed by atoms with Gasteiger partial charge in [0.25, 0.3) is 5.69 Å². The van der Waals surface area contributed by atoms with Crippen molar-refractivity contribution in [3.05, 3.63) is 58.2 Å². The maximum atomic E-state index is 13.0. The lowest BCUT2D eigenvalue weighted by molar-refractivity contribution is -0.384. The van der Waals surface area contributed by atoms with E-state index in [2.05, 4.69) is 25.3 Å². The number of nitrogens with one attached hydrogen (secondary N) is 1. The lowest BCUT2D eigenvalue weighted by Gasteiger charge is -2.33. The fourth-order valence-corrected chi connectivity index (χ4v) is 4.02. The average molecular weight is 451 g/mol. The monoisotopic (exact) mass is 451 g/mol. The van der Waals surface area contributed by atoms with Crippen LogP contribution in [-0.2, 0) is 4.79 Å². The van der Waals surface area contributed by atoms with Gasteiger partial charge >= 0.3 is 0 Å². The molecule has 2 aromatic heterocycles. The molecule has 3 heterocycles. The highest BCUT2D eigenvalue weighted by Crippen LogP contribution is 2.30. The number of carbonyl (C=O) groups is 1. The van der Waals surface area contributed by atoms with E-state index >= 15 is 0 Å². The highest BCUT2D eigenvalue weighted by atomic mass is 16.6. The smallest absolute Gasteiger partial charge is 0.273 e. The van der Waals surface area contributed by atoms with E-state index in [1.807, 2.05) is 26.0 Å². The summed E-state index contributed by atoms with van der Waals surface area (Å²) < 4.78 is 7.00. The molecule has 1 saturated heterocycles. The van der Waals surface area contributed by atoms with Gasteiger partial charge in [-0.15, -0.1) is 0 Å². The zero-order chi connectivity index (χ0) is 23.5. The molecule has 11 nitrogen and oxygen atoms in total. The van der Waals surface area contributed by atoms with Gasteiger partial charge < -0.3 is 15.0 Å².